The van der Waals surface area contributed by atoms with E-state index in [4.69, 9.17) is 0 Å². The highest BCUT2D eigenvalue weighted by Gasteiger charge is 2.00. The maximum Gasteiger partial charge on any atom is 0.193 e. The molecule has 0 saturated heterocycles. The van der Waals surface area contributed by atoms with Gasteiger partial charge in [0.25, 0.3) is 0 Å². The van der Waals surface area contributed by atoms with Crippen LogP contribution in [0.2, 0.25) is 0 Å². The van der Waals surface area contributed by atoms with Crippen LogP contribution in [0, 0.1) is 0 Å². The highest BCUT2D eigenvalue weighted by molar-refractivity contribution is 7.15. The van der Waals surface area contributed by atoms with Crippen molar-refractivity contribution in [2.75, 3.05) is 6.54 Å². The van der Waals surface area contributed by atoms with Gasteiger partial charge in [-0.3, -0.25) is 4.40 Å². The van der Waals surface area contributed by atoms with Gasteiger partial charge >= 0.3 is 0 Å². The predicted octanol–water partition coefficient (Wildman–Crippen LogP) is 1.67. The van der Waals surface area contributed by atoms with E-state index in [-0.39, 0.29) is 0 Å². The van der Waals surface area contributed by atoms with Crippen molar-refractivity contribution in [2.45, 2.75) is 6.54 Å². The Labute approximate surface area is 80.7 Å². The van der Waals surface area contributed by atoms with Gasteiger partial charge in [0.1, 0.15) is 0 Å². The molecular weight excluding hydrogens is 182 g/mol. The molecule has 0 spiro atoms. The van der Waals surface area contributed by atoms with E-state index in [1.54, 1.807) is 11.3 Å². The van der Waals surface area contributed by atoms with E-state index in [2.05, 4.69) is 16.9 Å². The predicted molar refractivity (Wildman–Crippen MR) is 55.0 cm³/mol. The Hall–Kier alpha value is -1.13. The van der Waals surface area contributed by atoms with Gasteiger partial charge in [0.2, 0.25) is 0 Å². The first-order chi connectivity index (χ1) is 6.40. The van der Waals surface area contributed by atoms with Crippen LogP contribution in [0.15, 0.2) is 30.4 Å². The van der Waals surface area contributed by atoms with E-state index in [1.807, 2.05) is 28.3 Å². The summed E-state index contributed by atoms with van der Waals surface area (Å²) in [5.74, 6) is 0. The van der Waals surface area contributed by atoms with Crippen molar-refractivity contribution in [3.8, 4) is 0 Å². The molecule has 68 valence electrons. The lowest BCUT2D eigenvalue weighted by Crippen LogP contribution is -2.12. The molecule has 0 unspecified atom stereocenters. The number of hydrogen-bond acceptors (Lipinski definition) is 3. The normalized spacial score (nSPS) is 10.8. The Morgan fingerprint density at radius 3 is 3.38 bits per heavy atom. The zero-order valence-electron chi connectivity index (χ0n) is 7.23. The Morgan fingerprint density at radius 2 is 2.62 bits per heavy atom. The zero-order chi connectivity index (χ0) is 9.10. The molecule has 0 saturated carbocycles. The highest BCUT2D eigenvalue weighted by atomic mass is 32.1. The summed E-state index contributed by atoms with van der Waals surface area (Å²) in [6.45, 7) is 5.27. The molecule has 0 aliphatic rings. The fourth-order valence-corrected chi connectivity index (χ4v) is 1.88. The Morgan fingerprint density at radius 1 is 1.69 bits per heavy atom. The molecule has 0 aliphatic carbocycles. The highest BCUT2D eigenvalue weighted by Crippen LogP contribution is 2.10. The van der Waals surface area contributed by atoms with Crippen LogP contribution in [-0.2, 0) is 6.54 Å². The van der Waals surface area contributed by atoms with Crippen LogP contribution in [-0.4, -0.2) is 15.9 Å². The molecule has 0 atom stereocenters. The van der Waals surface area contributed by atoms with Crippen molar-refractivity contribution in [3.63, 3.8) is 0 Å². The van der Waals surface area contributed by atoms with Gasteiger partial charge in [0.05, 0.1) is 5.69 Å². The van der Waals surface area contributed by atoms with E-state index in [0.29, 0.717) is 0 Å². The lowest BCUT2D eigenvalue weighted by molar-refractivity contribution is 0.746. The van der Waals surface area contributed by atoms with Gasteiger partial charge in [-0.1, -0.05) is 6.08 Å². The third-order valence-corrected chi connectivity index (χ3v) is 2.51. The molecule has 0 fully saturated rings. The number of fused-ring (bicyclic) bond motifs is 1. The summed E-state index contributed by atoms with van der Waals surface area (Å²) in [6.07, 6.45) is 5.91. The van der Waals surface area contributed by atoms with Crippen LogP contribution >= 0.6 is 11.3 Å². The number of hydrogen-bond donors (Lipinski definition) is 1. The first kappa shape index (κ1) is 8.47. The first-order valence-corrected chi connectivity index (χ1v) is 5.01. The Balaban J connectivity index is 2.07. The van der Waals surface area contributed by atoms with E-state index in [0.717, 1.165) is 23.7 Å². The molecule has 2 aromatic heterocycles. The van der Waals surface area contributed by atoms with Gasteiger partial charge in [-0.2, -0.15) is 0 Å². The van der Waals surface area contributed by atoms with Gasteiger partial charge in [-0.15, -0.1) is 17.9 Å². The Bertz CT molecular complexity index is 373. The second-order valence-electron chi connectivity index (χ2n) is 2.74. The summed E-state index contributed by atoms with van der Waals surface area (Å²) in [7, 11) is 0. The Kier molecular flexibility index (Phi) is 2.42. The number of rotatable bonds is 4. The van der Waals surface area contributed by atoms with Crippen LogP contribution < -0.4 is 5.32 Å². The number of nitrogens with one attached hydrogen (secondary N) is 1. The molecule has 0 amide bonds. The molecule has 0 aliphatic heterocycles. The zero-order valence-corrected chi connectivity index (χ0v) is 8.05. The SMILES string of the molecule is C=CCNCc1cn2ccsc2n1. The van der Waals surface area contributed by atoms with Crippen LogP contribution in [0.3, 0.4) is 0 Å². The van der Waals surface area contributed by atoms with Gasteiger partial charge in [0.15, 0.2) is 4.96 Å². The topological polar surface area (TPSA) is 29.3 Å². The van der Waals surface area contributed by atoms with Crippen LogP contribution in [0.5, 0.6) is 0 Å². The molecule has 2 aromatic rings. The monoisotopic (exact) mass is 193 g/mol. The third kappa shape index (κ3) is 1.79. The maximum absolute atomic E-state index is 4.43. The average molecular weight is 193 g/mol. The lowest BCUT2D eigenvalue weighted by atomic mass is 10.4. The minimum atomic E-state index is 0.806. The number of aromatic nitrogens is 2. The quantitative estimate of drug-likeness (QED) is 0.591. The van der Waals surface area contributed by atoms with Crippen LogP contribution in [0.1, 0.15) is 5.69 Å². The molecule has 13 heavy (non-hydrogen) atoms. The summed E-state index contributed by atoms with van der Waals surface area (Å²) < 4.78 is 2.04. The molecular formula is C9H11N3S. The van der Waals surface area contributed by atoms with Crippen molar-refractivity contribution in [1.29, 1.82) is 0 Å². The summed E-state index contributed by atoms with van der Waals surface area (Å²) >= 11 is 1.65. The van der Waals surface area contributed by atoms with E-state index in [1.165, 1.54) is 0 Å². The standard InChI is InChI=1S/C9H11N3S/c1-2-3-10-6-8-7-12-4-5-13-9(12)11-8/h2,4-5,7,10H,1,3,6H2. The molecule has 0 radical (unpaired) electrons. The number of thiazole rings is 1. The van der Waals surface area contributed by atoms with E-state index >= 15 is 0 Å². The van der Waals surface area contributed by atoms with Crippen LogP contribution in [0.4, 0.5) is 0 Å². The molecule has 0 bridgehead atoms. The van der Waals surface area contributed by atoms with Gasteiger partial charge < -0.3 is 5.32 Å². The average Bonchev–Trinajstić information content (AvgIpc) is 2.64. The largest absolute Gasteiger partial charge is 0.308 e. The first-order valence-electron chi connectivity index (χ1n) is 4.13. The van der Waals surface area contributed by atoms with Crippen molar-refractivity contribution < 1.29 is 0 Å². The summed E-state index contributed by atoms with van der Waals surface area (Å²) in [6, 6.07) is 0. The molecule has 2 heterocycles. The minimum absolute atomic E-state index is 0.806. The van der Waals surface area contributed by atoms with Crippen molar-refractivity contribution in [1.82, 2.24) is 14.7 Å². The number of imidazole rings is 1. The summed E-state index contributed by atoms with van der Waals surface area (Å²) in [5.41, 5.74) is 1.08. The summed E-state index contributed by atoms with van der Waals surface area (Å²) in [4.78, 5) is 5.48. The fraction of sp³-hybridized carbons (Fsp3) is 0.222. The number of nitrogens with zero attached hydrogens (tertiary/aromatic N) is 2. The molecule has 2 rings (SSSR count). The van der Waals surface area contributed by atoms with Crippen molar-refractivity contribution >= 4 is 16.3 Å². The van der Waals surface area contributed by atoms with E-state index < -0.39 is 0 Å². The fourth-order valence-electron chi connectivity index (χ4n) is 1.16. The molecule has 3 nitrogen and oxygen atoms in total. The van der Waals surface area contributed by atoms with Gasteiger partial charge in [0, 0.05) is 30.9 Å². The second kappa shape index (κ2) is 3.72. The lowest BCUT2D eigenvalue weighted by Gasteiger charge is -1.95. The molecule has 1 N–H and O–H groups in total. The van der Waals surface area contributed by atoms with Gasteiger partial charge in [-0.05, 0) is 0 Å². The maximum atomic E-state index is 4.43. The van der Waals surface area contributed by atoms with Crippen molar-refractivity contribution in [2.24, 2.45) is 0 Å². The third-order valence-electron chi connectivity index (χ3n) is 1.74. The van der Waals surface area contributed by atoms with Crippen molar-refractivity contribution in [3.05, 3.63) is 36.1 Å². The van der Waals surface area contributed by atoms with E-state index in [9.17, 15) is 0 Å². The smallest absolute Gasteiger partial charge is 0.193 e. The van der Waals surface area contributed by atoms with Crippen LogP contribution in [0.25, 0.3) is 4.96 Å². The minimum Gasteiger partial charge on any atom is -0.308 e. The molecule has 0 aromatic carbocycles. The molecule has 4 heteroatoms. The second-order valence-corrected chi connectivity index (χ2v) is 3.62. The van der Waals surface area contributed by atoms with Gasteiger partial charge in [-0.25, -0.2) is 4.98 Å². The summed E-state index contributed by atoms with van der Waals surface area (Å²) in [5, 5.41) is 5.24.